The second-order valence-corrected chi connectivity index (χ2v) is 6.66. The molecule has 6 heteroatoms. The number of aryl methyl sites for hydroxylation is 1. The van der Waals surface area contributed by atoms with E-state index in [4.69, 9.17) is 13.9 Å². The average Bonchev–Trinajstić information content (AvgIpc) is 2.97. The quantitative estimate of drug-likeness (QED) is 0.762. The number of hydrogen-bond acceptors (Lipinski definition) is 5. The zero-order valence-electron chi connectivity index (χ0n) is 15.5. The summed E-state index contributed by atoms with van der Waals surface area (Å²) < 4.78 is 16.3. The zero-order chi connectivity index (χ0) is 18.7. The molecule has 1 aromatic carbocycles. The monoisotopic (exact) mass is 359 g/mol. The summed E-state index contributed by atoms with van der Waals surface area (Å²) in [5, 5.41) is 0.805. The van der Waals surface area contributed by atoms with Crippen molar-refractivity contribution in [1.82, 2.24) is 4.90 Å². The maximum atomic E-state index is 12.4. The molecule has 1 amide bonds. The first kappa shape index (κ1) is 18.3. The predicted molar refractivity (Wildman–Crippen MR) is 97.4 cm³/mol. The van der Waals surface area contributed by atoms with Gasteiger partial charge in [-0.25, -0.2) is 4.79 Å². The van der Waals surface area contributed by atoms with Crippen LogP contribution in [-0.4, -0.2) is 42.6 Å². The van der Waals surface area contributed by atoms with E-state index in [1.165, 1.54) is 0 Å². The van der Waals surface area contributed by atoms with Gasteiger partial charge in [0.15, 0.2) is 6.61 Å². The lowest BCUT2D eigenvalue weighted by atomic mass is 10.0. The van der Waals surface area contributed by atoms with Crippen LogP contribution in [0.3, 0.4) is 0 Å². The first-order valence-corrected chi connectivity index (χ1v) is 9.13. The third-order valence-corrected chi connectivity index (χ3v) is 4.85. The van der Waals surface area contributed by atoms with Crippen LogP contribution < -0.4 is 4.74 Å². The highest BCUT2D eigenvalue weighted by molar-refractivity contribution is 5.97. The average molecular weight is 359 g/mol. The molecule has 0 saturated carbocycles. The molecule has 3 rings (SSSR count). The van der Waals surface area contributed by atoms with Gasteiger partial charge in [0.25, 0.3) is 5.91 Å². The van der Waals surface area contributed by atoms with Crippen LogP contribution in [0.1, 0.15) is 49.2 Å². The SMILES string of the molecule is CCOc1ccc2oc(C(=O)OCC(=O)N3CCCC[C@@H]3C)c(C)c2c1. The molecule has 2 aromatic rings. The molecule has 0 bridgehead atoms. The fraction of sp³-hybridized carbons (Fsp3) is 0.500. The molecular formula is C20H25NO5. The number of benzene rings is 1. The van der Waals surface area contributed by atoms with Gasteiger partial charge in [-0.05, 0) is 58.2 Å². The number of ether oxygens (including phenoxy) is 2. The Labute approximate surface area is 153 Å². The third-order valence-electron chi connectivity index (χ3n) is 4.85. The summed E-state index contributed by atoms with van der Waals surface area (Å²) in [7, 11) is 0. The number of amides is 1. The fourth-order valence-corrected chi connectivity index (χ4v) is 3.40. The molecular weight excluding hydrogens is 334 g/mol. The maximum Gasteiger partial charge on any atom is 0.375 e. The van der Waals surface area contributed by atoms with Gasteiger partial charge in [-0.3, -0.25) is 4.79 Å². The van der Waals surface area contributed by atoms with Gasteiger partial charge in [0.2, 0.25) is 5.76 Å². The molecule has 140 valence electrons. The Balaban J connectivity index is 1.69. The van der Waals surface area contributed by atoms with Gasteiger partial charge in [-0.15, -0.1) is 0 Å². The highest BCUT2D eigenvalue weighted by Crippen LogP contribution is 2.29. The predicted octanol–water partition coefficient (Wildman–Crippen LogP) is 3.70. The van der Waals surface area contributed by atoms with E-state index >= 15 is 0 Å². The zero-order valence-corrected chi connectivity index (χ0v) is 15.5. The number of rotatable bonds is 5. The molecule has 1 aliphatic rings. The Morgan fingerprint density at radius 2 is 2.12 bits per heavy atom. The summed E-state index contributed by atoms with van der Waals surface area (Å²) in [6.07, 6.45) is 3.12. The van der Waals surface area contributed by atoms with Gasteiger partial charge in [0.05, 0.1) is 6.61 Å². The lowest BCUT2D eigenvalue weighted by molar-refractivity contribution is -0.137. The number of piperidine rings is 1. The van der Waals surface area contributed by atoms with Crippen LogP contribution >= 0.6 is 0 Å². The number of esters is 1. The summed E-state index contributed by atoms with van der Waals surface area (Å²) in [5.41, 5.74) is 1.28. The molecule has 1 saturated heterocycles. The fourth-order valence-electron chi connectivity index (χ4n) is 3.40. The Morgan fingerprint density at radius 3 is 2.85 bits per heavy atom. The first-order chi connectivity index (χ1) is 12.5. The van der Waals surface area contributed by atoms with E-state index in [-0.39, 0.29) is 24.3 Å². The van der Waals surface area contributed by atoms with Crippen LogP contribution in [0.25, 0.3) is 11.0 Å². The van der Waals surface area contributed by atoms with E-state index in [1.807, 2.05) is 19.9 Å². The lowest BCUT2D eigenvalue weighted by Crippen LogP contribution is -2.44. The minimum absolute atomic E-state index is 0.133. The van der Waals surface area contributed by atoms with E-state index in [1.54, 1.807) is 24.0 Å². The van der Waals surface area contributed by atoms with E-state index in [0.29, 0.717) is 17.8 Å². The summed E-state index contributed by atoms with van der Waals surface area (Å²) in [6.45, 7) is 6.76. The second kappa shape index (κ2) is 7.81. The van der Waals surface area contributed by atoms with Crippen LogP contribution in [0, 0.1) is 6.92 Å². The van der Waals surface area contributed by atoms with E-state index < -0.39 is 5.97 Å². The Bertz CT molecular complexity index is 810. The number of hydrogen-bond donors (Lipinski definition) is 0. The largest absolute Gasteiger partial charge is 0.494 e. The summed E-state index contributed by atoms with van der Waals surface area (Å²) in [4.78, 5) is 26.5. The van der Waals surface area contributed by atoms with Crippen LogP contribution in [0.5, 0.6) is 5.75 Å². The Hall–Kier alpha value is -2.50. The lowest BCUT2D eigenvalue weighted by Gasteiger charge is -2.33. The number of carbonyl (C=O) groups is 2. The topological polar surface area (TPSA) is 69.0 Å². The van der Waals surface area contributed by atoms with Gasteiger partial charge < -0.3 is 18.8 Å². The highest BCUT2D eigenvalue weighted by atomic mass is 16.5. The van der Waals surface area contributed by atoms with Crippen molar-refractivity contribution < 1.29 is 23.5 Å². The van der Waals surface area contributed by atoms with E-state index in [2.05, 4.69) is 0 Å². The number of furan rings is 1. The molecule has 2 heterocycles. The molecule has 1 aliphatic heterocycles. The number of nitrogens with zero attached hydrogens (tertiary/aromatic N) is 1. The first-order valence-electron chi connectivity index (χ1n) is 9.13. The summed E-state index contributed by atoms with van der Waals surface area (Å²) in [6, 6.07) is 5.60. The number of carbonyl (C=O) groups excluding carboxylic acids is 2. The molecule has 0 unspecified atom stereocenters. The number of likely N-dealkylation sites (tertiary alicyclic amines) is 1. The van der Waals surface area contributed by atoms with Gasteiger partial charge >= 0.3 is 5.97 Å². The van der Waals surface area contributed by atoms with Crippen molar-refractivity contribution in [1.29, 1.82) is 0 Å². The van der Waals surface area contributed by atoms with Gasteiger partial charge in [-0.1, -0.05) is 0 Å². The van der Waals surface area contributed by atoms with Crippen LogP contribution in [0.2, 0.25) is 0 Å². The van der Waals surface area contributed by atoms with E-state index in [0.717, 1.165) is 36.9 Å². The Kier molecular flexibility index (Phi) is 5.49. The van der Waals surface area contributed by atoms with Crippen molar-refractivity contribution >= 4 is 22.8 Å². The van der Waals surface area contributed by atoms with Crippen molar-refractivity contribution in [3.05, 3.63) is 29.5 Å². The van der Waals surface area contributed by atoms with Crippen LogP contribution in [-0.2, 0) is 9.53 Å². The molecule has 1 atom stereocenters. The van der Waals surface area contributed by atoms with Gasteiger partial charge in [-0.2, -0.15) is 0 Å². The van der Waals surface area contributed by atoms with Gasteiger partial charge in [0.1, 0.15) is 11.3 Å². The van der Waals surface area contributed by atoms with Crippen molar-refractivity contribution in [3.63, 3.8) is 0 Å². The molecule has 0 N–H and O–H groups in total. The molecule has 0 radical (unpaired) electrons. The molecule has 1 fully saturated rings. The minimum Gasteiger partial charge on any atom is -0.494 e. The van der Waals surface area contributed by atoms with Crippen LogP contribution in [0.4, 0.5) is 0 Å². The van der Waals surface area contributed by atoms with Crippen molar-refractivity contribution in [2.75, 3.05) is 19.8 Å². The van der Waals surface area contributed by atoms with Crippen molar-refractivity contribution in [2.45, 2.75) is 46.1 Å². The van der Waals surface area contributed by atoms with E-state index in [9.17, 15) is 9.59 Å². The summed E-state index contributed by atoms with van der Waals surface area (Å²) >= 11 is 0. The maximum absolute atomic E-state index is 12.4. The molecule has 1 aromatic heterocycles. The Morgan fingerprint density at radius 1 is 1.31 bits per heavy atom. The second-order valence-electron chi connectivity index (χ2n) is 6.66. The smallest absolute Gasteiger partial charge is 0.375 e. The number of fused-ring (bicyclic) bond motifs is 1. The van der Waals surface area contributed by atoms with Crippen LogP contribution in [0.15, 0.2) is 22.6 Å². The third kappa shape index (κ3) is 3.69. The molecule has 6 nitrogen and oxygen atoms in total. The highest BCUT2D eigenvalue weighted by Gasteiger charge is 2.25. The van der Waals surface area contributed by atoms with Crippen molar-refractivity contribution in [3.8, 4) is 5.75 Å². The van der Waals surface area contributed by atoms with Crippen molar-refractivity contribution in [2.24, 2.45) is 0 Å². The molecule has 0 spiro atoms. The minimum atomic E-state index is -0.616. The standard InChI is InChI=1S/C20H25NO5/c1-4-24-15-8-9-17-16(11-15)14(3)19(26-17)20(23)25-12-18(22)21-10-6-5-7-13(21)2/h8-9,11,13H,4-7,10,12H2,1-3H3/t13-/m0/s1. The normalized spacial score (nSPS) is 17.3. The molecule has 0 aliphatic carbocycles. The summed E-state index contributed by atoms with van der Waals surface area (Å²) in [5.74, 6) is 0.0823. The molecule has 26 heavy (non-hydrogen) atoms. The van der Waals surface area contributed by atoms with Gasteiger partial charge in [0, 0.05) is 23.5 Å².